The van der Waals surface area contributed by atoms with Gasteiger partial charge < -0.3 is 10.2 Å². The Labute approximate surface area is 123 Å². The van der Waals surface area contributed by atoms with Crippen molar-refractivity contribution < 1.29 is 4.39 Å². The molecule has 1 aromatic rings. The molecule has 2 rings (SSSR count). The normalized spacial score (nSPS) is 27.6. The zero-order chi connectivity index (χ0) is 14.0. The van der Waals surface area contributed by atoms with Gasteiger partial charge in [-0.3, -0.25) is 0 Å². The van der Waals surface area contributed by atoms with Crippen LogP contribution in [0.1, 0.15) is 27.2 Å². The topological polar surface area (TPSA) is 15.3 Å². The van der Waals surface area contributed by atoms with E-state index in [1.165, 1.54) is 6.07 Å². The third kappa shape index (κ3) is 3.11. The van der Waals surface area contributed by atoms with Crippen molar-refractivity contribution >= 4 is 21.6 Å². The summed E-state index contributed by atoms with van der Waals surface area (Å²) in [5.41, 5.74) is 0.967. The second-order valence-corrected chi connectivity index (χ2v) is 6.20. The van der Waals surface area contributed by atoms with E-state index in [0.717, 1.165) is 29.7 Å². The minimum absolute atomic E-state index is 0.174. The van der Waals surface area contributed by atoms with Crippen molar-refractivity contribution in [2.45, 2.75) is 39.3 Å². The van der Waals surface area contributed by atoms with E-state index in [2.05, 4.69) is 46.9 Å². The molecule has 1 saturated heterocycles. The molecule has 1 aliphatic rings. The van der Waals surface area contributed by atoms with Crippen LogP contribution >= 0.6 is 15.9 Å². The fraction of sp³-hybridized carbons (Fsp3) is 0.600. The van der Waals surface area contributed by atoms with Crippen LogP contribution < -0.4 is 10.2 Å². The summed E-state index contributed by atoms with van der Waals surface area (Å²) in [5, 5.41) is 3.55. The van der Waals surface area contributed by atoms with Crippen molar-refractivity contribution in [1.29, 1.82) is 0 Å². The van der Waals surface area contributed by atoms with E-state index in [1.807, 2.05) is 0 Å². The summed E-state index contributed by atoms with van der Waals surface area (Å²) in [4.78, 5) is 2.31. The van der Waals surface area contributed by atoms with E-state index < -0.39 is 0 Å². The lowest BCUT2D eigenvalue weighted by Crippen LogP contribution is -2.53. The first kappa shape index (κ1) is 14.8. The fourth-order valence-electron chi connectivity index (χ4n) is 2.96. The van der Waals surface area contributed by atoms with Crippen molar-refractivity contribution in [3.63, 3.8) is 0 Å². The van der Waals surface area contributed by atoms with Gasteiger partial charge in [0.1, 0.15) is 5.82 Å². The first-order valence-corrected chi connectivity index (χ1v) is 7.79. The Kier molecular flexibility index (Phi) is 4.85. The number of anilines is 1. The smallest absolute Gasteiger partial charge is 0.125 e. The monoisotopic (exact) mass is 328 g/mol. The molecule has 0 radical (unpaired) electrons. The zero-order valence-corrected chi connectivity index (χ0v) is 13.4. The molecule has 106 valence electrons. The van der Waals surface area contributed by atoms with Gasteiger partial charge in [0, 0.05) is 23.1 Å². The average molecular weight is 329 g/mol. The number of hydrogen-bond acceptors (Lipinski definition) is 2. The van der Waals surface area contributed by atoms with Crippen LogP contribution in [0.4, 0.5) is 10.1 Å². The number of benzene rings is 1. The van der Waals surface area contributed by atoms with Gasteiger partial charge in [-0.05, 0) is 59.9 Å². The van der Waals surface area contributed by atoms with Gasteiger partial charge >= 0.3 is 0 Å². The Hall–Kier alpha value is -0.610. The summed E-state index contributed by atoms with van der Waals surface area (Å²) in [6, 6.07) is 5.87. The molecule has 19 heavy (non-hydrogen) atoms. The van der Waals surface area contributed by atoms with Crippen LogP contribution in [0, 0.1) is 11.7 Å². The standard InChI is InChI=1S/C15H22BrFN2/c1-4-18-14-7-8-19(11(3)10(14)2)15-9-12(17)5-6-13(15)16/h5-6,9-11,14,18H,4,7-8H2,1-3H3. The van der Waals surface area contributed by atoms with Crippen LogP contribution in [-0.4, -0.2) is 25.2 Å². The Morgan fingerprint density at radius 2 is 2.16 bits per heavy atom. The van der Waals surface area contributed by atoms with Crippen molar-refractivity contribution in [3.05, 3.63) is 28.5 Å². The molecule has 1 N–H and O–H groups in total. The molecule has 4 heteroatoms. The van der Waals surface area contributed by atoms with Crippen molar-refractivity contribution in [3.8, 4) is 0 Å². The Morgan fingerprint density at radius 1 is 1.42 bits per heavy atom. The maximum Gasteiger partial charge on any atom is 0.125 e. The van der Waals surface area contributed by atoms with Gasteiger partial charge in [0.25, 0.3) is 0 Å². The average Bonchev–Trinajstić information content (AvgIpc) is 2.39. The minimum Gasteiger partial charge on any atom is -0.367 e. The molecule has 3 atom stereocenters. The second kappa shape index (κ2) is 6.23. The van der Waals surface area contributed by atoms with E-state index in [1.54, 1.807) is 12.1 Å². The van der Waals surface area contributed by atoms with E-state index >= 15 is 0 Å². The predicted molar refractivity (Wildman–Crippen MR) is 82.2 cm³/mol. The summed E-state index contributed by atoms with van der Waals surface area (Å²) in [6.45, 7) is 8.62. The maximum absolute atomic E-state index is 13.5. The molecule has 1 aromatic carbocycles. The molecule has 0 amide bonds. The molecule has 3 unspecified atom stereocenters. The molecule has 1 heterocycles. The summed E-state index contributed by atoms with van der Waals surface area (Å²) in [6.07, 6.45) is 1.10. The molecular weight excluding hydrogens is 307 g/mol. The van der Waals surface area contributed by atoms with Crippen molar-refractivity contribution in [1.82, 2.24) is 5.32 Å². The van der Waals surface area contributed by atoms with Gasteiger partial charge in [0.15, 0.2) is 0 Å². The van der Waals surface area contributed by atoms with Gasteiger partial charge in [0.05, 0.1) is 5.69 Å². The van der Waals surface area contributed by atoms with E-state index in [-0.39, 0.29) is 5.82 Å². The van der Waals surface area contributed by atoms with Gasteiger partial charge in [-0.1, -0.05) is 13.8 Å². The molecule has 0 aliphatic carbocycles. The van der Waals surface area contributed by atoms with Gasteiger partial charge in [-0.25, -0.2) is 4.39 Å². The van der Waals surface area contributed by atoms with Crippen LogP contribution in [0.25, 0.3) is 0 Å². The predicted octanol–water partition coefficient (Wildman–Crippen LogP) is 3.80. The Balaban J connectivity index is 2.20. The molecule has 0 aromatic heterocycles. The molecule has 0 saturated carbocycles. The minimum atomic E-state index is -0.174. The SMILES string of the molecule is CCNC1CCN(c2cc(F)ccc2Br)C(C)C1C. The maximum atomic E-state index is 13.5. The number of piperidine rings is 1. The highest BCUT2D eigenvalue weighted by Gasteiger charge is 2.32. The number of hydrogen-bond donors (Lipinski definition) is 1. The van der Waals surface area contributed by atoms with Crippen molar-refractivity contribution in [2.75, 3.05) is 18.0 Å². The second-order valence-electron chi connectivity index (χ2n) is 5.34. The third-order valence-electron chi connectivity index (χ3n) is 4.25. The van der Waals surface area contributed by atoms with Gasteiger partial charge in [0.2, 0.25) is 0 Å². The molecule has 0 bridgehead atoms. The molecule has 1 fully saturated rings. The molecular formula is C15H22BrFN2. The molecule has 1 aliphatic heterocycles. The van der Waals surface area contributed by atoms with Gasteiger partial charge in [-0.15, -0.1) is 0 Å². The highest BCUT2D eigenvalue weighted by atomic mass is 79.9. The highest BCUT2D eigenvalue weighted by molar-refractivity contribution is 9.10. The quantitative estimate of drug-likeness (QED) is 0.907. The summed E-state index contributed by atoms with van der Waals surface area (Å²) >= 11 is 3.54. The lowest BCUT2D eigenvalue weighted by molar-refractivity contribution is 0.274. The first-order valence-electron chi connectivity index (χ1n) is 6.99. The molecule has 2 nitrogen and oxygen atoms in total. The first-order chi connectivity index (χ1) is 9.04. The van der Waals surface area contributed by atoms with Crippen LogP contribution in [0.15, 0.2) is 22.7 Å². The number of nitrogens with one attached hydrogen (secondary N) is 1. The number of rotatable bonds is 3. The van der Waals surface area contributed by atoms with Crippen LogP contribution in [0.2, 0.25) is 0 Å². The lowest BCUT2D eigenvalue weighted by Gasteiger charge is -2.44. The lowest BCUT2D eigenvalue weighted by atomic mass is 9.86. The van der Waals surface area contributed by atoms with Crippen LogP contribution in [0.5, 0.6) is 0 Å². The van der Waals surface area contributed by atoms with E-state index in [4.69, 9.17) is 0 Å². The van der Waals surface area contributed by atoms with Crippen LogP contribution in [-0.2, 0) is 0 Å². The van der Waals surface area contributed by atoms with E-state index in [0.29, 0.717) is 18.0 Å². The number of halogens is 2. The van der Waals surface area contributed by atoms with Gasteiger partial charge in [-0.2, -0.15) is 0 Å². The largest absolute Gasteiger partial charge is 0.367 e. The fourth-order valence-corrected chi connectivity index (χ4v) is 3.44. The zero-order valence-electron chi connectivity index (χ0n) is 11.8. The van der Waals surface area contributed by atoms with Crippen molar-refractivity contribution in [2.24, 2.45) is 5.92 Å². The Bertz CT molecular complexity index is 438. The summed E-state index contributed by atoms with van der Waals surface area (Å²) in [7, 11) is 0. The van der Waals surface area contributed by atoms with Crippen LogP contribution in [0.3, 0.4) is 0 Å². The molecule has 0 spiro atoms. The summed E-state index contributed by atoms with van der Waals surface area (Å²) in [5.74, 6) is 0.371. The highest BCUT2D eigenvalue weighted by Crippen LogP contribution is 2.34. The summed E-state index contributed by atoms with van der Waals surface area (Å²) < 4.78 is 14.4. The third-order valence-corrected chi connectivity index (χ3v) is 4.92. The van der Waals surface area contributed by atoms with E-state index in [9.17, 15) is 4.39 Å². The Morgan fingerprint density at radius 3 is 2.84 bits per heavy atom. The number of nitrogens with zero attached hydrogens (tertiary/aromatic N) is 1.